The largest absolute Gasteiger partial charge is 0.370 e. The minimum atomic E-state index is -3.50. The molecule has 2 aromatic carbocycles. The molecular weight excluding hydrogens is 450 g/mol. The van der Waals surface area contributed by atoms with Crippen LogP contribution in [0.15, 0.2) is 53.4 Å². The fourth-order valence-corrected chi connectivity index (χ4v) is 5.87. The smallest absolute Gasteiger partial charge is 0.243 e. The van der Waals surface area contributed by atoms with Gasteiger partial charge in [0.25, 0.3) is 0 Å². The topological polar surface area (TPSA) is 88.0 Å². The summed E-state index contributed by atoms with van der Waals surface area (Å²) in [4.78, 5) is 19.5. The summed E-state index contributed by atoms with van der Waals surface area (Å²) < 4.78 is 27.3. The van der Waals surface area contributed by atoms with Crippen LogP contribution in [-0.4, -0.2) is 87.3 Å². The first kappa shape index (κ1) is 24.2. The molecule has 0 N–H and O–H groups in total. The van der Waals surface area contributed by atoms with Crippen LogP contribution in [0.25, 0.3) is 0 Å². The molecule has 8 nitrogen and oxygen atoms in total. The molecule has 0 radical (unpaired) electrons. The van der Waals surface area contributed by atoms with Gasteiger partial charge in [0.2, 0.25) is 15.9 Å². The van der Waals surface area contributed by atoms with E-state index < -0.39 is 10.0 Å². The summed E-state index contributed by atoms with van der Waals surface area (Å²) in [6.45, 7) is 7.09. The van der Waals surface area contributed by atoms with Gasteiger partial charge in [-0.25, -0.2) is 8.42 Å². The molecule has 0 saturated carbocycles. The summed E-state index contributed by atoms with van der Waals surface area (Å²) in [7, 11) is -3.50. The zero-order valence-corrected chi connectivity index (χ0v) is 20.4. The van der Waals surface area contributed by atoms with Crippen molar-refractivity contribution in [3.63, 3.8) is 0 Å². The van der Waals surface area contributed by atoms with E-state index in [4.69, 9.17) is 5.26 Å². The van der Waals surface area contributed by atoms with E-state index in [9.17, 15) is 13.2 Å². The van der Waals surface area contributed by atoms with Gasteiger partial charge in [-0.05, 0) is 49.7 Å². The molecule has 1 amide bonds. The second-order valence-electron chi connectivity index (χ2n) is 8.87. The number of amides is 1. The van der Waals surface area contributed by atoms with Gasteiger partial charge in [0.1, 0.15) is 0 Å². The minimum absolute atomic E-state index is 0.0940. The molecule has 2 heterocycles. The Bertz CT molecular complexity index is 1130. The number of nitrogens with zero attached hydrogens (tertiary/aromatic N) is 5. The fraction of sp³-hybridized carbons (Fsp3) is 0.440. The first-order chi connectivity index (χ1) is 16.4. The Hall–Kier alpha value is -2.93. The third kappa shape index (κ3) is 5.58. The quantitative estimate of drug-likeness (QED) is 0.648. The number of carbonyl (C=O) groups is 1. The van der Waals surface area contributed by atoms with Crippen molar-refractivity contribution in [2.24, 2.45) is 0 Å². The number of anilines is 1. The van der Waals surface area contributed by atoms with Crippen LogP contribution in [0.4, 0.5) is 5.69 Å². The number of hydrogen-bond acceptors (Lipinski definition) is 6. The molecule has 9 heteroatoms. The number of aryl methyl sites for hydroxylation is 1. The van der Waals surface area contributed by atoms with E-state index >= 15 is 0 Å². The first-order valence-electron chi connectivity index (χ1n) is 11.7. The molecular formula is C25H31N5O3S. The van der Waals surface area contributed by atoms with E-state index in [0.717, 1.165) is 30.8 Å². The Morgan fingerprint density at radius 1 is 0.882 bits per heavy atom. The lowest BCUT2D eigenvalue weighted by Crippen LogP contribution is -2.51. The van der Waals surface area contributed by atoms with Crippen molar-refractivity contribution < 1.29 is 13.2 Å². The zero-order valence-electron chi connectivity index (χ0n) is 19.6. The highest BCUT2D eigenvalue weighted by Gasteiger charge is 2.30. The van der Waals surface area contributed by atoms with Gasteiger partial charge in [-0.3, -0.25) is 9.69 Å². The van der Waals surface area contributed by atoms with Crippen molar-refractivity contribution in [2.75, 3.05) is 63.8 Å². The summed E-state index contributed by atoms with van der Waals surface area (Å²) in [5.41, 5.74) is 2.73. The SMILES string of the molecule is Cc1ccc(S(=O)(=O)N2CCN(CC(=O)N3CCCN(c4ccc(C#N)cc4)CC3)CC2)cc1. The molecule has 2 fully saturated rings. The molecule has 2 aliphatic heterocycles. The lowest BCUT2D eigenvalue weighted by atomic mass is 10.2. The molecule has 0 aromatic heterocycles. The summed E-state index contributed by atoms with van der Waals surface area (Å²) >= 11 is 0. The van der Waals surface area contributed by atoms with Crippen molar-refractivity contribution >= 4 is 21.6 Å². The predicted molar refractivity (Wildman–Crippen MR) is 131 cm³/mol. The van der Waals surface area contributed by atoms with Crippen molar-refractivity contribution in [1.82, 2.24) is 14.1 Å². The van der Waals surface area contributed by atoms with Gasteiger partial charge >= 0.3 is 0 Å². The number of rotatable bonds is 5. The van der Waals surface area contributed by atoms with Crippen molar-refractivity contribution in [2.45, 2.75) is 18.2 Å². The van der Waals surface area contributed by atoms with E-state index in [0.29, 0.717) is 56.3 Å². The van der Waals surface area contributed by atoms with Gasteiger partial charge in [0, 0.05) is 58.0 Å². The van der Waals surface area contributed by atoms with Gasteiger partial charge in [-0.2, -0.15) is 9.57 Å². The van der Waals surface area contributed by atoms with Crippen molar-refractivity contribution in [3.8, 4) is 6.07 Å². The van der Waals surface area contributed by atoms with E-state index in [1.807, 2.05) is 53.1 Å². The van der Waals surface area contributed by atoms with E-state index in [2.05, 4.69) is 11.0 Å². The van der Waals surface area contributed by atoms with Crippen LogP contribution >= 0.6 is 0 Å². The molecule has 2 aliphatic rings. The van der Waals surface area contributed by atoms with Crippen LogP contribution in [0.1, 0.15) is 17.5 Å². The lowest BCUT2D eigenvalue weighted by molar-refractivity contribution is -0.132. The lowest BCUT2D eigenvalue weighted by Gasteiger charge is -2.34. The van der Waals surface area contributed by atoms with Gasteiger partial charge in [-0.15, -0.1) is 0 Å². The highest BCUT2D eigenvalue weighted by atomic mass is 32.2. The summed E-state index contributed by atoms with van der Waals surface area (Å²) in [6, 6.07) is 16.6. The van der Waals surface area contributed by atoms with E-state index in [1.165, 1.54) is 4.31 Å². The van der Waals surface area contributed by atoms with Gasteiger partial charge in [0.15, 0.2) is 0 Å². The van der Waals surface area contributed by atoms with Crippen LogP contribution in [-0.2, 0) is 14.8 Å². The van der Waals surface area contributed by atoms with Crippen LogP contribution in [0.3, 0.4) is 0 Å². The van der Waals surface area contributed by atoms with E-state index in [-0.39, 0.29) is 5.91 Å². The monoisotopic (exact) mass is 481 g/mol. The first-order valence-corrected chi connectivity index (χ1v) is 13.1. The highest BCUT2D eigenvalue weighted by Crippen LogP contribution is 2.19. The van der Waals surface area contributed by atoms with Crippen molar-refractivity contribution in [1.29, 1.82) is 5.26 Å². The molecule has 180 valence electrons. The summed E-state index contributed by atoms with van der Waals surface area (Å²) in [5, 5.41) is 8.99. The Morgan fingerprint density at radius 3 is 2.21 bits per heavy atom. The number of piperazine rings is 1. The number of carbonyl (C=O) groups excluding carboxylic acids is 1. The third-order valence-corrected chi connectivity index (χ3v) is 8.47. The fourth-order valence-electron chi connectivity index (χ4n) is 4.45. The van der Waals surface area contributed by atoms with Gasteiger partial charge in [-0.1, -0.05) is 17.7 Å². The second-order valence-corrected chi connectivity index (χ2v) is 10.8. The van der Waals surface area contributed by atoms with Crippen LogP contribution in [0.2, 0.25) is 0 Å². The molecule has 0 atom stereocenters. The molecule has 0 aliphatic carbocycles. The normalized spacial score (nSPS) is 18.4. The standard InChI is InChI=1S/C25H31N5O3S/c1-21-3-9-24(10-4-21)34(32,33)30-17-13-27(14-18-30)20-25(31)29-12-2-11-28(15-16-29)23-7-5-22(19-26)6-8-23/h3-10H,2,11-18,20H2,1H3. The minimum Gasteiger partial charge on any atom is -0.370 e. The Labute approximate surface area is 202 Å². The molecule has 0 unspecified atom stereocenters. The second kappa shape index (κ2) is 10.6. The van der Waals surface area contributed by atoms with Crippen LogP contribution < -0.4 is 4.90 Å². The maximum atomic E-state index is 13.0. The summed E-state index contributed by atoms with van der Waals surface area (Å²) in [6.07, 6.45) is 0.883. The average molecular weight is 482 g/mol. The van der Waals surface area contributed by atoms with E-state index in [1.54, 1.807) is 12.1 Å². The van der Waals surface area contributed by atoms with Crippen LogP contribution in [0, 0.1) is 18.3 Å². The Kier molecular flexibility index (Phi) is 7.51. The molecule has 34 heavy (non-hydrogen) atoms. The molecule has 0 spiro atoms. The average Bonchev–Trinajstić information content (AvgIpc) is 3.11. The Balaban J connectivity index is 1.27. The zero-order chi connectivity index (χ0) is 24.1. The predicted octanol–water partition coefficient (Wildman–Crippen LogP) is 1.91. The molecule has 2 aromatic rings. The van der Waals surface area contributed by atoms with Gasteiger partial charge in [0.05, 0.1) is 23.1 Å². The number of benzene rings is 2. The molecule has 0 bridgehead atoms. The van der Waals surface area contributed by atoms with Gasteiger partial charge < -0.3 is 9.80 Å². The summed E-state index contributed by atoms with van der Waals surface area (Å²) in [5.74, 6) is 0.0940. The van der Waals surface area contributed by atoms with Crippen LogP contribution in [0.5, 0.6) is 0 Å². The maximum Gasteiger partial charge on any atom is 0.243 e. The highest BCUT2D eigenvalue weighted by molar-refractivity contribution is 7.89. The molecule has 2 saturated heterocycles. The number of nitriles is 1. The third-order valence-electron chi connectivity index (χ3n) is 6.56. The molecule has 4 rings (SSSR count). The van der Waals surface area contributed by atoms with Crippen molar-refractivity contribution in [3.05, 3.63) is 59.7 Å². The maximum absolute atomic E-state index is 13.0. The Morgan fingerprint density at radius 2 is 1.56 bits per heavy atom. The number of hydrogen-bond donors (Lipinski definition) is 0. The number of sulfonamides is 1.